The molecule has 3 rings (SSSR count). The molecule has 46 heavy (non-hydrogen) atoms. The third kappa shape index (κ3) is 7.65. The van der Waals surface area contributed by atoms with Crippen molar-refractivity contribution in [3.8, 4) is 11.6 Å². The number of aryl methyl sites for hydroxylation is 1. The third-order valence-corrected chi connectivity index (χ3v) is 8.27. The molecule has 1 aromatic heterocycles. The number of hydrogen-bond acceptors (Lipinski definition) is 9. The summed E-state index contributed by atoms with van der Waals surface area (Å²) in [5.41, 5.74) is -1.85. The van der Waals surface area contributed by atoms with E-state index in [-0.39, 0.29) is 18.0 Å². The summed E-state index contributed by atoms with van der Waals surface area (Å²) in [4.78, 5) is 23.6. The van der Waals surface area contributed by atoms with Gasteiger partial charge in [-0.05, 0) is 45.9 Å². The van der Waals surface area contributed by atoms with Crippen molar-refractivity contribution in [1.82, 2.24) is 15.1 Å². The molecule has 0 radical (unpaired) electrons. The van der Waals surface area contributed by atoms with E-state index in [4.69, 9.17) is 10.5 Å². The fourth-order valence-corrected chi connectivity index (χ4v) is 5.25. The number of aromatic nitrogens is 2. The van der Waals surface area contributed by atoms with Gasteiger partial charge in [-0.2, -0.15) is 35.1 Å². The number of alkyl halides is 8. The van der Waals surface area contributed by atoms with Gasteiger partial charge >= 0.3 is 25.1 Å². The standard InChI is InChI=1S/C24H28F8N6O7S/c1-5-37-11-16(17(36-37)44-19(25)26)46(41,42)38-10-13(9-34-18(39)22(4,33)24(30,31)32)43-15-7-6-12(8-14(15)38)35-20(40)45-21(2,3)23(27,28)29/h6-8,11,13,19H,5,9-10,33H2,1-4H3,(H,34,39)(H,35,40)/t13-,22?/m0/s1. The predicted octanol–water partition coefficient (Wildman–Crippen LogP) is 3.75. The molecule has 1 unspecified atom stereocenters. The van der Waals surface area contributed by atoms with Gasteiger partial charge in [0.2, 0.25) is 11.5 Å². The van der Waals surface area contributed by atoms with Gasteiger partial charge in [0.25, 0.3) is 15.9 Å². The molecule has 2 atom stereocenters. The molecule has 0 aliphatic carbocycles. The Bertz CT molecular complexity index is 1560. The monoisotopic (exact) mass is 696 g/mol. The largest absolute Gasteiger partial charge is 0.484 e. The molecule has 0 bridgehead atoms. The van der Waals surface area contributed by atoms with Gasteiger partial charge in [-0.15, -0.1) is 5.10 Å². The van der Waals surface area contributed by atoms with Crippen LogP contribution in [-0.2, 0) is 26.1 Å². The maximum absolute atomic E-state index is 13.9. The molecule has 1 aliphatic heterocycles. The molecule has 2 aromatic rings. The summed E-state index contributed by atoms with van der Waals surface area (Å²) in [7, 11) is -4.96. The second kappa shape index (κ2) is 12.6. The van der Waals surface area contributed by atoms with E-state index in [0.29, 0.717) is 25.1 Å². The highest BCUT2D eigenvalue weighted by molar-refractivity contribution is 7.93. The van der Waals surface area contributed by atoms with Crippen molar-refractivity contribution < 1.29 is 67.3 Å². The number of rotatable bonds is 10. The number of nitrogens with zero attached hydrogens (tertiary/aromatic N) is 3. The van der Waals surface area contributed by atoms with Gasteiger partial charge in [-0.1, -0.05) is 0 Å². The van der Waals surface area contributed by atoms with Crippen LogP contribution < -0.4 is 30.1 Å². The Labute approximate surface area is 256 Å². The number of benzene rings is 1. The minimum atomic E-state index is -5.16. The van der Waals surface area contributed by atoms with Gasteiger partial charge in [0, 0.05) is 18.4 Å². The molecule has 2 amide bonds. The fourth-order valence-electron chi connectivity index (χ4n) is 3.68. The molecule has 4 N–H and O–H groups in total. The number of ether oxygens (including phenoxy) is 3. The number of carbonyl (C=O) groups is 2. The van der Waals surface area contributed by atoms with E-state index in [1.807, 2.05) is 10.6 Å². The second-order valence-corrected chi connectivity index (χ2v) is 12.3. The quantitative estimate of drug-likeness (QED) is 0.314. The van der Waals surface area contributed by atoms with Crippen LogP contribution in [0.5, 0.6) is 11.6 Å². The van der Waals surface area contributed by atoms with Crippen LogP contribution in [0.4, 0.5) is 51.3 Å². The van der Waals surface area contributed by atoms with Crippen LogP contribution in [0.2, 0.25) is 0 Å². The first-order valence-electron chi connectivity index (χ1n) is 13.0. The van der Waals surface area contributed by atoms with Gasteiger partial charge < -0.3 is 25.3 Å². The van der Waals surface area contributed by atoms with E-state index in [9.17, 15) is 53.1 Å². The normalized spacial score (nSPS) is 17.1. The van der Waals surface area contributed by atoms with E-state index in [0.717, 1.165) is 29.1 Å². The van der Waals surface area contributed by atoms with Crippen LogP contribution in [0.3, 0.4) is 0 Å². The van der Waals surface area contributed by atoms with E-state index in [2.05, 4.69) is 14.6 Å². The van der Waals surface area contributed by atoms with Crippen molar-refractivity contribution in [2.24, 2.45) is 5.73 Å². The molecular weight excluding hydrogens is 668 g/mol. The average Bonchev–Trinajstić information content (AvgIpc) is 3.32. The molecule has 0 spiro atoms. The summed E-state index contributed by atoms with van der Waals surface area (Å²) in [6, 6.07) is 3.04. The zero-order chi connectivity index (χ0) is 35.0. The lowest BCUT2D eigenvalue weighted by molar-refractivity contribution is -0.242. The van der Waals surface area contributed by atoms with Crippen LogP contribution in [0.1, 0.15) is 27.7 Å². The molecular formula is C24H28F8N6O7S. The number of anilines is 2. The molecule has 0 saturated carbocycles. The maximum atomic E-state index is 13.9. The summed E-state index contributed by atoms with van der Waals surface area (Å²) in [5, 5.41) is 7.60. The minimum Gasteiger partial charge on any atom is -0.484 e. The van der Waals surface area contributed by atoms with Crippen molar-refractivity contribution >= 4 is 33.4 Å². The van der Waals surface area contributed by atoms with E-state index in [1.165, 1.54) is 6.92 Å². The van der Waals surface area contributed by atoms with Crippen LogP contribution in [-0.4, -0.2) is 79.5 Å². The second-order valence-electron chi connectivity index (χ2n) is 10.4. The third-order valence-electron chi connectivity index (χ3n) is 6.51. The average molecular weight is 697 g/mol. The Balaban J connectivity index is 2.03. The van der Waals surface area contributed by atoms with Crippen molar-refractivity contribution in [3.63, 3.8) is 0 Å². The highest BCUT2D eigenvalue weighted by atomic mass is 32.2. The van der Waals surface area contributed by atoms with Crippen molar-refractivity contribution in [2.45, 2.75) is 75.3 Å². The Morgan fingerprint density at radius 3 is 2.30 bits per heavy atom. The lowest BCUT2D eigenvalue weighted by Gasteiger charge is -2.36. The minimum absolute atomic E-state index is 0.00495. The molecule has 13 nitrogen and oxygen atoms in total. The van der Waals surface area contributed by atoms with Crippen LogP contribution in [0.25, 0.3) is 0 Å². The fraction of sp³-hybridized carbons (Fsp3) is 0.542. The van der Waals surface area contributed by atoms with Crippen molar-refractivity contribution in [1.29, 1.82) is 0 Å². The molecule has 258 valence electrons. The molecule has 1 aliphatic rings. The van der Waals surface area contributed by atoms with Crippen LogP contribution in [0.15, 0.2) is 29.3 Å². The molecule has 2 heterocycles. The number of fused-ring (bicyclic) bond motifs is 1. The number of halogens is 8. The van der Waals surface area contributed by atoms with E-state index < -0.39 is 87.8 Å². The molecule has 22 heteroatoms. The zero-order valence-corrected chi connectivity index (χ0v) is 25.1. The Morgan fingerprint density at radius 1 is 1.13 bits per heavy atom. The summed E-state index contributed by atoms with van der Waals surface area (Å²) >= 11 is 0. The molecule has 1 aromatic carbocycles. The topological polar surface area (TPSA) is 167 Å². The molecule has 0 saturated heterocycles. The Kier molecular flexibility index (Phi) is 9.97. The number of sulfonamides is 1. The Hall–Kier alpha value is -4.08. The first-order chi connectivity index (χ1) is 20.9. The summed E-state index contributed by atoms with van der Waals surface area (Å²) in [6.45, 7) is -1.94. The number of carbonyl (C=O) groups excluding carboxylic acids is 2. The zero-order valence-electron chi connectivity index (χ0n) is 24.3. The van der Waals surface area contributed by atoms with Gasteiger partial charge in [0.15, 0.2) is 10.4 Å². The summed E-state index contributed by atoms with van der Waals surface area (Å²) in [6.07, 6.45) is -12.2. The predicted molar refractivity (Wildman–Crippen MR) is 142 cm³/mol. The first-order valence-corrected chi connectivity index (χ1v) is 14.4. The highest BCUT2D eigenvalue weighted by Gasteiger charge is 2.54. The summed E-state index contributed by atoms with van der Waals surface area (Å²) < 4.78 is 149. The first kappa shape index (κ1) is 36.4. The van der Waals surface area contributed by atoms with Gasteiger partial charge in [-0.3, -0.25) is 19.1 Å². The number of nitrogens with two attached hydrogens (primary N) is 1. The number of amides is 2. The van der Waals surface area contributed by atoms with Gasteiger partial charge in [0.05, 0.1) is 18.8 Å². The number of hydrogen-bond donors (Lipinski definition) is 3. The van der Waals surface area contributed by atoms with E-state index >= 15 is 0 Å². The Morgan fingerprint density at radius 2 is 1.76 bits per heavy atom. The lowest BCUT2D eigenvalue weighted by Crippen LogP contribution is -2.62. The lowest BCUT2D eigenvalue weighted by atomic mass is 10.0. The maximum Gasteiger partial charge on any atom is 0.427 e. The highest BCUT2D eigenvalue weighted by Crippen LogP contribution is 2.41. The summed E-state index contributed by atoms with van der Waals surface area (Å²) in [5.74, 6) is -3.00. The SMILES string of the molecule is CCn1cc(S(=O)(=O)N2C[C@H](CNC(=O)C(C)(N)C(F)(F)F)Oc3ccc(NC(=O)OC(C)(C)C(F)(F)F)cc32)c(OC(F)F)n1. The van der Waals surface area contributed by atoms with Crippen molar-refractivity contribution in [3.05, 3.63) is 24.4 Å². The smallest absolute Gasteiger partial charge is 0.427 e. The van der Waals surface area contributed by atoms with Crippen molar-refractivity contribution in [2.75, 3.05) is 22.7 Å². The van der Waals surface area contributed by atoms with Crippen LogP contribution in [0, 0.1) is 0 Å². The van der Waals surface area contributed by atoms with E-state index in [1.54, 1.807) is 0 Å². The van der Waals surface area contributed by atoms with Crippen LogP contribution >= 0.6 is 0 Å². The van der Waals surface area contributed by atoms with Gasteiger partial charge in [0.1, 0.15) is 11.9 Å². The van der Waals surface area contributed by atoms with Gasteiger partial charge in [-0.25, -0.2) is 13.2 Å². The number of nitrogens with one attached hydrogen (secondary N) is 2. The molecule has 0 fully saturated rings.